The monoisotopic (exact) mass is 376 g/mol. The Hall–Kier alpha value is -2.08. The summed E-state index contributed by atoms with van der Waals surface area (Å²) in [6.45, 7) is 3.40. The predicted molar refractivity (Wildman–Crippen MR) is 84.0 cm³/mol. The highest BCUT2D eigenvalue weighted by Crippen LogP contribution is 2.37. The first-order valence-electron chi connectivity index (χ1n) is 7.71. The Balaban J connectivity index is 2.49. The number of H-pyrrole nitrogens is 1. The van der Waals surface area contributed by atoms with Crippen molar-refractivity contribution >= 4 is 6.47 Å². The fourth-order valence-corrected chi connectivity index (χ4v) is 2.77. The molecule has 4 atom stereocenters. The van der Waals surface area contributed by atoms with Crippen LogP contribution >= 0.6 is 0 Å². The minimum absolute atomic E-state index is 0.0525. The van der Waals surface area contributed by atoms with Crippen LogP contribution in [0.25, 0.3) is 0 Å². The van der Waals surface area contributed by atoms with Crippen molar-refractivity contribution in [3.8, 4) is 0 Å². The Labute approximate surface area is 147 Å². The molecule has 0 spiro atoms. The van der Waals surface area contributed by atoms with Crippen LogP contribution in [0.3, 0.4) is 0 Å². The molecule has 0 saturated carbocycles. The lowest BCUT2D eigenvalue weighted by Gasteiger charge is -2.30. The quantitative estimate of drug-likeness (QED) is 0.605. The van der Waals surface area contributed by atoms with E-state index in [2.05, 4.69) is 0 Å². The topological polar surface area (TPSA) is 118 Å². The number of nitrogens with one attached hydrogen (secondary N) is 1. The van der Waals surface area contributed by atoms with Crippen LogP contribution in [0, 0.1) is 5.82 Å². The SMILES string of the molecule is COC[C@@H](OC)[C@@H](OC=O)[C@@H]1OC(C)(C)O[C@H]1n1cc(F)c(=O)[nH]c1=O. The molecule has 1 fully saturated rings. The summed E-state index contributed by atoms with van der Waals surface area (Å²) in [5.41, 5.74) is -2.06. The molecule has 1 saturated heterocycles. The second-order valence-electron chi connectivity index (χ2n) is 6.06. The zero-order valence-corrected chi connectivity index (χ0v) is 14.8. The number of halogens is 1. The van der Waals surface area contributed by atoms with Crippen LogP contribution in [0.5, 0.6) is 0 Å². The zero-order valence-electron chi connectivity index (χ0n) is 14.8. The summed E-state index contributed by atoms with van der Waals surface area (Å²) in [4.78, 5) is 36.2. The lowest BCUT2D eigenvalue weighted by molar-refractivity contribution is -0.180. The number of carbonyl (C=O) groups excluding carboxylic acids is 1. The predicted octanol–water partition coefficient (Wildman–Crippen LogP) is -0.471. The van der Waals surface area contributed by atoms with Crippen LogP contribution < -0.4 is 11.2 Å². The number of nitrogens with zero attached hydrogens (tertiary/aromatic N) is 1. The second kappa shape index (κ2) is 8.08. The van der Waals surface area contributed by atoms with Gasteiger partial charge < -0.3 is 23.7 Å². The third-order valence-electron chi connectivity index (χ3n) is 3.84. The summed E-state index contributed by atoms with van der Waals surface area (Å²) in [5, 5.41) is 0. The van der Waals surface area contributed by atoms with Crippen LogP contribution in [0.2, 0.25) is 0 Å². The summed E-state index contributed by atoms with van der Waals surface area (Å²) in [5.74, 6) is -2.36. The van der Waals surface area contributed by atoms with Crippen molar-refractivity contribution in [1.29, 1.82) is 0 Å². The van der Waals surface area contributed by atoms with Gasteiger partial charge in [-0.25, -0.2) is 4.79 Å². The molecule has 0 amide bonds. The minimum atomic E-state index is -1.19. The second-order valence-corrected chi connectivity index (χ2v) is 6.06. The Morgan fingerprint density at radius 3 is 2.65 bits per heavy atom. The standard InChI is InChI=1S/C15H21FN2O8/c1-15(2)25-11(10(24-7-19)9(23-4)6-22-3)13(26-15)18-5-8(16)12(20)17-14(18)21/h5,7,9-11,13H,6H2,1-4H3,(H,17,20,21)/t9-,10-,11+,13-/m1/s1. The maximum atomic E-state index is 13.7. The van der Waals surface area contributed by atoms with Gasteiger partial charge in [0.25, 0.3) is 12.0 Å². The van der Waals surface area contributed by atoms with E-state index in [1.54, 1.807) is 13.8 Å². The lowest BCUT2D eigenvalue weighted by atomic mass is 10.1. The van der Waals surface area contributed by atoms with Crippen molar-refractivity contribution in [3.05, 3.63) is 32.9 Å². The maximum Gasteiger partial charge on any atom is 0.330 e. The molecule has 10 nitrogen and oxygen atoms in total. The molecule has 1 aliphatic rings. The summed E-state index contributed by atoms with van der Waals surface area (Å²) >= 11 is 0. The summed E-state index contributed by atoms with van der Waals surface area (Å²) < 4.78 is 41.4. The van der Waals surface area contributed by atoms with Crippen LogP contribution in [-0.4, -0.2) is 60.9 Å². The Morgan fingerprint density at radius 2 is 2.08 bits per heavy atom. The van der Waals surface area contributed by atoms with E-state index in [4.69, 9.17) is 23.7 Å². The van der Waals surface area contributed by atoms with Gasteiger partial charge in [0.05, 0.1) is 12.8 Å². The smallest absolute Gasteiger partial charge is 0.330 e. The van der Waals surface area contributed by atoms with Crippen molar-refractivity contribution in [3.63, 3.8) is 0 Å². The van der Waals surface area contributed by atoms with E-state index in [0.29, 0.717) is 6.20 Å². The van der Waals surface area contributed by atoms with E-state index in [9.17, 15) is 18.8 Å². The van der Waals surface area contributed by atoms with Gasteiger partial charge in [-0.2, -0.15) is 4.39 Å². The molecule has 1 N–H and O–H groups in total. The first-order valence-corrected chi connectivity index (χ1v) is 7.71. The molecule has 2 heterocycles. The Kier molecular flexibility index (Phi) is 6.29. The number of rotatable bonds is 8. The van der Waals surface area contributed by atoms with Crippen LogP contribution in [-0.2, 0) is 28.5 Å². The van der Waals surface area contributed by atoms with Gasteiger partial charge in [0.2, 0.25) is 5.82 Å². The van der Waals surface area contributed by atoms with Gasteiger partial charge in [0, 0.05) is 14.2 Å². The number of ether oxygens (including phenoxy) is 5. The van der Waals surface area contributed by atoms with Crippen LogP contribution in [0.15, 0.2) is 15.8 Å². The largest absolute Gasteiger partial charge is 0.459 e. The highest BCUT2D eigenvalue weighted by atomic mass is 19.1. The zero-order chi connectivity index (χ0) is 19.5. The van der Waals surface area contributed by atoms with E-state index in [-0.39, 0.29) is 13.1 Å². The minimum Gasteiger partial charge on any atom is -0.459 e. The molecule has 1 aromatic heterocycles. The molecule has 0 aliphatic carbocycles. The van der Waals surface area contributed by atoms with Gasteiger partial charge in [-0.05, 0) is 13.8 Å². The molecule has 2 rings (SSSR count). The Morgan fingerprint density at radius 1 is 1.38 bits per heavy atom. The third-order valence-corrected chi connectivity index (χ3v) is 3.84. The molecule has 0 bridgehead atoms. The molecular weight excluding hydrogens is 355 g/mol. The third kappa shape index (κ3) is 4.18. The number of carbonyl (C=O) groups is 1. The molecule has 0 aromatic carbocycles. The highest BCUT2D eigenvalue weighted by Gasteiger charge is 2.50. The van der Waals surface area contributed by atoms with Crippen molar-refractivity contribution in [1.82, 2.24) is 9.55 Å². The molecule has 26 heavy (non-hydrogen) atoms. The van der Waals surface area contributed by atoms with E-state index in [1.807, 2.05) is 4.98 Å². The molecular formula is C15H21FN2O8. The first-order chi connectivity index (χ1) is 12.2. The van der Waals surface area contributed by atoms with Crippen molar-refractivity contribution < 1.29 is 32.9 Å². The maximum absolute atomic E-state index is 13.7. The normalized spacial score (nSPS) is 24.2. The van der Waals surface area contributed by atoms with E-state index in [1.165, 1.54) is 14.2 Å². The molecule has 0 radical (unpaired) electrons. The fourth-order valence-electron chi connectivity index (χ4n) is 2.77. The molecule has 146 valence electrons. The van der Waals surface area contributed by atoms with Crippen molar-refractivity contribution in [2.24, 2.45) is 0 Å². The van der Waals surface area contributed by atoms with E-state index >= 15 is 0 Å². The molecule has 11 heteroatoms. The first kappa shape index (κ1) is 20.2. The average Bonchev–Trinajstić information content (AvgIpc) is 2.89. The number of hydrogen-bond acceptors (Lipinski definition) is 8. The highest BCUT2D eigenvalue weighted by molar-refractivity contribution is 5.38. The van der Waals surface area contributed by atoms with Gasteiger partial charge in [0.15, 0.2) is 18.1 Å². The van der Waals surface area contributed by atoms with E-state index in [0.717, 1.165) is 4.57 Å². The summed E-state index contributed by atoms with van der Waals surface area (Å²) in [6, 6.07) is 0. The summed E-state index contributed by atoms with van der Waals surface area (Å²) in [6.07, 6.45) is -3.31. The van der Waals surface area contributed by atoms with Crippen LogP contribution in [0.4, 0.5) is 4.39 Å². The van der Waals surface area contributed by atoms with Gasteiger partial charge in [-0.15, -0.1) is 0 Å². The molecule has 1 aliphatic heterocycles. The van der Waals surface area contributed by atoms with Crippen LogP contribution in [0.1, 0.15) is 20.1 Å². The van der Waals surface area contributed by atoms with Crippen molar-refractivity contribution in [2.45, 2.75) is 44.2 Å². The molecule has 0 unspecified atom stereocenters. The lowest BCUT2D eigenvalue weighted by Crippen LogP contribution is -2.48. The van der Waals surface area contributed by atoms with Crippen molar-refractivity contribution in [2.75, 3.05) is 20.8 Å². The summed E-state index contributed by atoms with van der Waals surface area (Å²) in [7, 11) is 2.81. The van der Waals surface area contributed by atoms with Gasteiger partial charge >= 0.3 is 5.69 Å². The average molecular weight is 376 g/mol. The number of methoxy groups -OCH3 is 2. The molecule has 1 aromatic rings. The van der Waals surface area contributed by atoms with Gasteiger partial charge in [0.1, 0.15) is 12.2 Å². The number of hydrogen-bond donors (Lipinski definition) is 1. The van der Waals surface area contributed by atoms with Gasteiger partial charge in [-0.1, -0.05) is 0 Å². The fraction of sp³-hybridized carbons (Fsp3) is 0.667. The number of aromatic nitrogens is 2. The van der Waals surface area contributed by atoms with E-state index < -0.39 is 47.4 Å². The number of aromatic amines is 1. The Bertz CT molecular complexity index is 746. The van der Waals surface area contributed by atoms with Gasteiger partial charge in [-0.3, -0.25) is 19.1 Å².